The summed E-state index contributed by atoms with van der Waals surface area (Å²) in [5, 5.41) is 4.41. The highest BCUT2D eigenvalue weighted by Crippen LogP contribution is 2.40. The van der Waals surface area contributed by atoms with Gasteiger partial charge in [-0.25, -0.2) is 0 Å². The zero-order chi connectivity index (χ0) is 21.1. The summed E-state index contributed by atoms with van der Waals surface area (Å²) in [5.41, 5.74) is 5.00. The second-order valence-corrected chi connectivity index (χ2v) is 7.18. The lowest BCUT2D eigenvalue weighted by Gasteiger charge is -2.28. The topological polar surface area (TPSA) is 65.8 Å². The number of carbonyl (C=O) groups is 1. The summed E-state index contributed by atoms with van der Waals surface area (Å²) in [6.07, 6.45) is 3.19. The van der Waals surface area contributed by atoms with Crippen LogP contribution in [0.25, 0.3) is 5.57 Å². The van der Waals surface area contributed by atoms with E-state index in [9.17, 15) is 4.79 Å². The van der Waals surface area contributed by atoms with Crippen molar-refractivity contribution in [3.05, 3.63) is 40.7 Å². The first-order chi connectivity index (χ1) is 13.9. The molecule has 0 unspecified atom stereocenters. The van der Waals surface area contributed by atoms with Crippen molar-refractivity contribution in [1.82, 2.24) is 14.7 Å². The first-order valence-electron chi connectivity index (χ1n) is 9.65. The number of ether oxygens (including phenoxy) is 3. The number of aryl methyl sites for hydroxylation is 2. The third kappa shape index (κ3) is 4.09. The van der Waals surface area contributed by atoms with Crippen LogP contribution in [0.1, 0.15) is 28.9 Å². The Kier molecular flexibility index (Phi) is 6.15. The van der Waals surface area contributed by atoms with Crippen LogP contribution in [0.4, 0.5) is 0 Å². The van der Waals surface area contributed by atoms with E-state index in [1.54, 1.807) is 21.3 Å². The molecule has 0 bridgehead atoms. The Morgan fingerprint density at radius 1 is 1.10 bits per heavy atom. The van der Waals surface area contributed by atoms with Gasteiger partial charge in [-0.3, -0.25) is 9.48 Å². The van der Waals surface area contributed by atoms with Crippen molar-refractivity contribution in [2.75, 3.05) is 34.4 Å². The van der Waals surface area contributed by atoms with E-state index in [0.717, 1.165) is 34.5 Å². The SMILES string of the molecule is COc1cc(OC)c(C2=CCN(C(=O)Cc3c(C)nn(C)c3C)CC2)c(OC)c1. The molecule has 29 heavy (non-hydrogen) atoms. The molecule has 7 heteroatoms. The van der Waals surface area contributed by atoms with Crippen molar-refractivity contribution in [2.24, 2.45) is 7.05 Å². The minimum absolute atomic E-state index is 0.119. The summed E-state index contributed by atoms with van der Waals surface area (Å²) < 4.78 is 18.3. The maximum Gasteiger partial charge on any atom is 0.227 e. The molecule has 1 aromatic carbocycles. The van der Waals surface area contributed by atoms with E-state index in [4.69, 9.17) is 14.2 Å². The number of hydrogen-bond donors (Lipinski definition) is 0. The van der Waals surface area contributed by atoms with Crippen molar-refractivity contribution in [1.29, 1.82) is 0 Å². The Bertz CT molecular complexity index is 921. The summed E-state index contributed by atoms with van der Waals surface area (Å²) in [6, 6.07) is 3.70. The summed E-state index contributed by atoms with van der Waals surface area (Å²) >= 11 is 0. The quantitative estimate of drug-likeness (QED) is 0.747. The molecule has 0 saturated carbocycles. The largest absolute Gasteiger partial charge is 0.496 e. The van der Waals surface area contributed by atoms with E-state index in [0.29, 0.717) is 36.8 Å². The van der Waals surface area contributed by atoms with Gasteiger partial charge in [0.25, 0.3) is 0 Å². The Morgan fingerprint density at radius 2 is 1.76 bits per heavy atom. The highest BCUT2D eigenvalue weighted by Gasteiger charge is 2.24. The Morgan fingerprint density at radius 3 is 2.21 bits per heavy atom. The van der Waals surface area contributed by atoms with Crippen LogP contribution in [0.2, 0.25) is 0 Å². The molecule has 0 N–H and O–H groups in total. The van der Waals surface area contributed by atoms with Gasteiger partial charge in [-0.1, -0.05) is 6.08 Å². The summed E-state index contributed by atoms with van der Waals surface area (Å²) in [7, 11) is 6.79. The van der Waals surface area contributed by atoms with Gasteiger partial charge in [-0.05, 0) is 25.8 Å². The van der Waals surface area contributed by atoms with E-state index in [2.05, 4.69) is 11.2 Å². The van der Waals surface area contributed by atoms with Gasteiger partial charge < -0.3 is 19.1 Å². The third-order valence-corrected chi connectivity index (χ3v) is 5.58. The summed E-state index contributed by atoms with van der Waals surface area (Å²) in [4.78, 5) is 14.7. The summed E-state index contributed by atoms with van der Waals surface area (Å²) in [5.74, 6) is 2.20. The minimum Gasteiger partial charge on any atom is -0.496 e. The molecular formula is C22H29N3O4. The van der Waals surface area contributed by atoms with Crippen molar-refractivity contribution in [3.63, 3.8) is 0 Å². The number of carbonyl (C=O) groups excluding carboxylic acids is 1. The van der Waals surface area contributed by atoms with Crippen molar-refractivity contribution in [2.45, 2.75) is 26.7 Å². The molecule has 0 spiro atoms. The highest BCUT2D eigenvalue weighted by atomic mass is 16.5. The van der Waals surface area contributed by atoms with E-state index in [1.807, 2.05) is 42.6 Å². The second-order valence-electron chi connectivity index (χ2n) is 7.18. The van der Waals surface area contributed by atoms with Crippen LogP contribution in [-0.2, 0) is 18.3 Å². The van der Waals surface area contributed by atoms with E-state index in [-0.39, 0.29) is 5.91 Å². The second kappa shape index (κ2) is 8.59. The van der Waals surface area contributed by atoms with E-state index < -0.39 is 0 Å². The molecule has 0 fully saturated rings. The van der Waals surface area contributed by atoms with Crippen molar-refractivity contribution >= 4 is 11.5 Å². The minimum atomic E-state index is 0.119. The van der Waals surface area contributed by atoms with Crippen LogP contribution in [0.15, 0.2) is 18.2 Å². The van der Waals surface area contributed by atoms with Crippen LogP contribution in [0.5, 0.6) is 17.2 Å². The van der Waals surface area contributed by atoms with Gasteiger partial charge in [-0.2, -0.15) is 5.10 Å². The molecule has 2 heterocycles. The van der Waals surface area contributed by atoms with Gasteiger partial charge in [0.1, 0.15) is 17.2 Å². The fourth-order valence-electron chi connectivity index (χ4n) is 3.78. The van der Waals surface area contributed by atoms with E-state index >= 15 is 0 Å². The molecule has 0 radical (unpaired) electrons. The van der Waals surface area contributed by atoms with Crippen molar-refractivity contribution < 1.29 is 19.0 Å². The van der Waals surface area contributed by atoms with Gasteiger partial charge in [0, 0.05) is 43.5 Å². The standard InChI is InChI=1S/C22H29N3O4/c1-14-18(15(2)24(3)23-14)13-21(26)25-9-7-16(8-10-25)22-19(28-5)11-17(27-4)12-20(22)29-6/h7,11-12H,8-10,13H2,1-6H3. The molecule has 1 aromatic heterocycles. The highest BCUT2D eigenvalue weighted by molar-refractivity contribution is 5.82. The molecule has 3 rings (SSSR count). The average molecular weight is 399 g/mol. The predicted molar refractivity (Wildman–Crippen MR) is 112 cm³/mol. The third-order valence-electron chi connectivity index (χ3n) is 5.58. The van der Waals surface area contributed by atoms with Crippen molar-refractivity contribution in [3.8, 4) is 17.2 Å². The lowest BCUT2D eigenvalue weighted by atomic mass is 9.96. The van der Waals surface area contributed by atoms with Crippen LogP contribution < -0.4 is 14.2 Å². The van der Waals surface area contributed by atoms with Gasteiger partial charge in [-0.15, -0.1) is 0 Å². The molecular weight excluding hydrogens is 370 g/mol. The fraction of sp³-hybridized carbons (Fsp3) is 0.455. The normalized spacial score (nSPS) is 13.9. The zero-order valence-corrected chi connectivity index (χ0v) is 18.0. The number of hydrogen-bond acceptors (Lipinski definition) is 5. The number of rotatable bonds is 6. The molecule has 2 aromatic rings. The number of nitrogens with zero attached hydrogens (tertiary/aromatic N) is 3. The maximum absolute atomic E-state index is 12.8. The van der Waals surface area contributed by atoms with Crippen LogP contribution in [0.3, 0.4) is 0 Å². The predicted octanol–water partition coefficient (Wildman–Crippen LogP) is 2.92. The molecule has 0 atom stereocenters. The number of aromatic nitrogens is 2. The Balaban J connectivity index is 1.79. The van der Waals surface area contributed by atoms with Gasteiger partial charge in [0.15, 0.2) is 0 Å². The lowest BCUT2D eigenvalue weighted by Crippen LogP contribution is -2.36. The van der Waals surface area contributed by atoms with Crippen LogP contribution >= 0.6 is 0 Å². The van der Waals surface area contributed by atoms with Gasteiger partial charge in [0.05, 0.1) is 39.0 Å². The summed E-state index contributed by atoms with van der Waals surface area (Å²) in [6.45, 7) is 5.16. The number of benzene rings is 1. The zero-order valence-electron chi connectivity index (χ0n) is 18.0. The first kappa shape index (κ1) is 20.8. The first-order valence-corrected chi connectivity index (χ1v) is 9.65. The molecule has 7 nitrogen and oxygen atoms in total. The maximum atomic E-state index is 12.8. The Hall–Kier alpha value is -2.96. The average Bonchev–Trinajstić information content (AvgIpc) is 2.98. The molecule has 1 amide bonds. The molecule has 0 aliphatic carbocycles. The van der Waals surface area contributed by atoms with Gasteiger partial charge in [0.2, 0.25) is 5.91 Å². The molecule has 0 saturated heterocycles. The number of methoxy groups -OCH3 is 3. The van der Waals surface area contributed by atoms with Gasteiger partial charge >= 0.3 is 0 Å². The fourth-order valence-corrected chi connectivity index (χ4v) is 3.78. The van der Waals surface area contributed by atoms with Crippen LogP contribution in [-0.4, -0.2) is 55.0 Å². The Labute approximate surface area is 171 Å². The number of amides is 1. The molecule has 1 aliphatic heterocycles. The van der Waals surface area contributed by atoms with E-state index in [1.165, 1.54) is 0 Å². The smallest absolute Gasteiger partial charge is 0.227 e. The lowest BCUT2D eigenvalue weighted by molar-refractivity contribution is -0.130. The molecule has 1 aliphatic rings. The monoisotopic (exact) mass is 399 g/mol. The molecule has 156 valence electrons. The van der Waals surface area contributed by atoms with Crippen LogP contribution in [0, 0.1) is 13.8 Å².